The van der Waals surface area contributed by atoms with Crippen molar-refractivity contribution in [3.8, 4) is 22.5 Å². The van der Waals surface area contributed by atoms with Crippen molar-refractivity contribution in [3.63, 3.8) is 0 Å². The zero-order valence-corrected chi connectivity index (χ0v) is 60.6. The molecule has 8 N–H and O–H groups in total. The fraction of sp³-hybridized carbons (Fsp3) is 0.514. The first-order chi connectivity index (χ1) is 47.1. The van der Waals surface area contributed by atoms with Gasteiger partial charge in [-0.2, -0.15) is 8.42 Å². The van der Waals surface area contributed by atoms with E-state index < -0.39 is 43.0 Å². The summed E-state index contributed by atoms with van der Waals surface area (Å²) in [5, 5.41) is 26.4. The quantitative estimate of drug-likeness (QED) is 0.00791. The molecule has 2 atom stereocenters. The summed E-state index contributed by atoms with van der Waals surface area (Å²) in [6.45, 7) is 14.7. The molecule has 3 aliphatic rings. The number of anilines is 1. The van der Waals surface area contributed by atoms with Crippen molar-refractivity contribution in [2.45, 2.75) is 171 Å². The Labute approximate surface area is 582 Å². The highest BCUT2D eigenvalue weighted by Gasteiger charge is 2.32. The molecule has 1 saturated heterocycles. The van der Waals surface area contributed by atoms with Gasteiger partial charge in [-0.25, -0.2) is 31.6 Å². The number of hydrogen-bond acceptors (Lipinski definition) is 13. The van der Waals surface area contributed by atoms with E-state index in [2.05, 4.69) is 97.1 Å². The van der Waals surface area contributed by atoms with Crippen LogP contribution in [0.3, 0.4) is 0 Å². The summed E-state index contributed by atoms with van der Waals surface area (Å²) in [6.07, 6.45) is 16.4. The van der Waals surface area contributed by atoms with E-state index in [1.54, 1.807) is 17.0 Å². The number of sulfonamides is 1. The maximum Gasteiger partial charge on any atom is 0.314 e. The van der Waals surface area contributed by atoms with Gasteiger partial charge in [0.1, 0.15) is 59.8 Å². The number of imidazole rings is 1. The Bertz CT molecular complexity index is 4130. The first kappa shape index (κ1) is 76.0. The highest BCUT2D eigenvalue weighted by atomic mass is 32.2. The average Bonchev–Trinajstić information content (AvgIpc) is 0.823. The highest BCUT2D eigenvalue weighted by molar-refractivity contribution is 7.89. The van der Waals surface area contributed by atoms with Crippen LogP contribution in [-0.2, 0) is 68.0 Å². The van der Waals surface area contributed by atoms with E-state index in [0.29, 0.717) is 77.2 Å². The smallest absolute Gasteiger partial charge is 0.314 e. The number of amides is 5. The Hall–Kier alpha value is -7.75. The van der Waals surface area contributed by atoms with Gasteiger partial charge in [-0.3, -0.25) is 24.3 Å². The van der Waals surface area contributed by atoms with Crippen molar-refractivity contribution in [2.75, 3.05) is 70.9 Å². The molecule has 532 valence electrons. The molecule has 1 fully saturated rings. The van der Waals surface area contributed by atoms with Gasteiger partial charge in [0, 0.05) is 103 Å². The minimum absolute atomic E-state index is 0.0283. The largest absolute Gasteiger partial charge is 0.456 e. The van der Waals surface area contributed by atoms with Gasteiger partial charge in [0.05, 0.1) is 24.4 Å². The van der Waals surface area contributed by atoms with Gasteiger partial charge in [0.25, 0.3) is 10.1 Å². The lowest BCUT2D eigenvalue weighted by Gasteiger charge is -2.31. The van der Waals surface area contributed by atoms with Gasteiger partial charge in [-0.05, 0) is 129 Å². The number of hydrogen-bond donors (Lipinski definition) is 8. The van der Waals surface area contributed by atoms with E-state index in [4.69, 9.17) is 9.83 Å². The van der Waals surface area contributed by atoms with Crippen LogP contribution in [0.1, 0.15) is 141 Å². The molecule has 23 nitrogen and oxygen atoms in total. The molecular formula is C72H103N13O10S3+2. The topological polar surface area (TPSA) is 289 Å². The van der Waals surface area contributed by atoms with Crippen molar-refractivity contribution in [1.82, 2.24) is 49.9 Å². The molecule has 26 heteroatoms. The van der Waals surface area contributed by atoms with Crippen molar-refractivity contribution < 1.29 is 49.6 Å². The number of carbonyl (C=O) groups excluding carboxylic acids is 4. The number of thiazole rings is 1. The second kappa shape index (κ2) is 36.9. The van der Waals surface area contributed by atoms with Crippen LogP contribution >= 0.6 is 11.3 Å². The molecule has 5 aromatic rings. The third-order valence-corrected chi connectivity index (χ3v) is 21.8. The van der Waals surface area contributed by atoms with Gasteiger partial charge in [-0.1, -0.05) is 87.8 Å². The lowest BCUT2D eigenvalue weighted by Crippen LogP contribution is -2.56. The number of nitrogens with zero attached hydrogens (tertiary/aromatic N) is 6. The van der Waals surface area contributed by atoms with Crippen LogP contribution in [0, 0.1) is 5.41 Å². The minimum Gasteiger partial charge on any atom is -0.456 e. The van der Waals surface area contributed by atoms with E-state index in [1.165, 1.54) is 23.5 Å². The molecular weight excluding hydrogens is 1300 g/mol. The summed E-state index contributed by atoms with van der Waals surface area (Å²) < 4.78 is 81.6. The zero-order chi connectivity index (χ0) is 70.4. The molecule has 2 aliphatic heterocycles. The zero-order valence-electron chi connectivity index (χ0n) is 58.2. The predicted octanol–water partition coefficient (Wildman–Crippen LogP) is 7.98. The fourth-order valence-electron chi connectivity index (χ4n) is 12.8. The first-order valence-corrected chi connectivity index (χ1v) is 38.7. The number of likely N-dealkylation sites (tertiary alicyclic amines) is 1. The van der Waals surface area contributed by atoms with E-state index >= 15 is 0 Å². The lowest BCUT2D eigenvalue weighted by molar-refractivity contribution is -0.688. The van der Waals surface area contributed by atoms with Gasteiger partial charge < -0.3 is 45.4 Å². The molecule has 0 unspecified atom stereocenters. The van der Waals surface area contributed by atoms with Gasteiger partial charge in [0.15, 0.2) is 4.80 Å². The number of piperidine rings is 1. The predicted molar refractivity (Wildman–Crippen MR) is 385 cm³/mol. The van der Waals surface area contributed by atoms with Crippen molar-refractivity contribution >= 4 is 71.9 Å². The number of rotatable bonds is 38. The Morgan fingerprint density at radius 2 is 1.38 bits per heavy atom. The van der Waals surface area contributed by atoms with Crippen molar-refractivity contribution in [1.29, 1.82) is 5.41 Å². The monoisotopic (exact) mass is 1410 g/mol. The second-order valence-electron chi connectivity index (χ2n) is 25.7. The molecule has 0 bridgehead atoms. The van der Waals surface area contributed by atoms with Gasteiger partial charge in [-0.15, -0.1) is 11.3 Å². The van der Waals surface area contributed by atoms with Crippen molar-refractivity contribution in [3.05, 3.63) is 130 Å². The molecule has 0 spiro atoms. The van der Waals surface area contributed by atoms with Crippen LogP contribution in [-0.4, -0.2) is 143 Å². The minimum atomic E-state index is -4.93. The van der Waals surface area contributed by atoms with Crippen LogP contribution in [0.5, 0.6) is 0 Å². The Morgan fingerprint density at radius 3 is 2.01 bits per heavy atom. The number of fused-ring (bicyclic) bond motifs is 2. The summed E-state index contributed by atoms with van der Waals surface area (Å²) in [7, 11) is -3.38. The summed E-state index contributed by atoms with van der Waals surface area (Å²) in [4.78, 5) is 58.8. The van der Waals surface area contributed by atoms with Crippen LogP contribution in [0.2, 0.25) is 0 Å². The molecule has 8 rings (SSSR count). The second-order valence-corrected chi connectivity index (χ2v) is 29.7. The Morgan fingerprint density at radius 1 is 0.735 bits per heavy atom. The first-order valence-electron chi connectivity index (χ1n) is 34.9. The van der Waals surface area contributed by atoms with E-state index in [-0.39, 0.29) is 60.2 Å². The SMILES string of the molecule is CCN(CC)c1ccc2c(-c3ccc(S(=O)(=O)NCCCCCCCCCCCCNC(=O)NCCCC[C@H](NC(=O)Cc4csc(=N)n4C)C(=O)N[C@@H](Cc4c[n+](Cc5ccccc5)cn4C)C(=O)NC4CCN(C)CC4)cc3S(=O)(=O)O)c3ccc(=[N+](CC)CC)cc-3oc2c1. The fourth-order valence-corrected chi connectivity index (χ4v) is 15.5. The molecule has 0 radical (unpaired) electrons. The van der Waals surface area contributed by atoms with E-state index in [9.17, 15) is 40.6 Å². The maximum atomic E-state index is 14.4. The normalized spacial score (nSPS) is 13.7. The molecule has 0 saturated carbocycles. The lowest BCUT2D eigenvalue weighted by atomic mass is 9.93. The van der Waals surface area contributed by atoms with Crippen LogP contribution < -0.4 is 55.5 Å². The maximum absolute atomic E-state index is 14.4. The molecule has 98 heavy (non-hydrogen) atoms. The number of carbonyl (C=O) groups is 4. The van der Waals surface area contributed by atoms with Gasteiger partial charge >= 0.3 is 6.03 Å². The summed E-state index contributed by atoms with van der Waals surface area (Å²) in [5.41, 5.74) is 5.32. The number of benzene rings is 4. The summed E-state index contributed by atoms with van der Waals surface area (Å²) >= 11 is 1.22. The molecule has 3 aromatic carbocycles. The molecule has 4 heterocycles. The number of nitrogens with one attached hydrogen (secondary N) is 7. The average molecular weight is 1410 g/mol. The van der Waals surface area contributed by atoms with Crippen molar-refractivity contribution in [2.24, 2.45) is 14.1 Å². The number of unbranched alkanes of at least 4 members (excludes halogenated alkanes) is 10. The third-order valence-electron chi connectivity index (χ3n) is 18.6. The molecule has 5 amide bonds. The van der Waals surface area contributed by atoms with Crippen LogP contribution in [0.15, 0.2) is 117 Å². The molecule has 1 aliphatic carbocycles. The Kier molecular flexibility index (Phi) is 28.6. The number of aromatic nitrogens is 3. The van der Waals surface area contributed by atoms with Crippen LogP contribution in [0.4, 0.5) is 10.5 Å². The number of urea groups is 1. The number of aryl methyl sites for hydroxylation is 1. The van der Waals surface area contributed by atoms with E-state index in [0.717, 1.165) is 138 Å². The summed E-state index contributed by atoms with van der Waals surface area (Å²) in [5.74, 6) is -0.630. The standard InChI is InChI=1S/C72H101N13O10S3/c1-8-84(9-2)54-30-33-59-64(44-54)95-65-45-55(85(10-3)11-4)31-34-60(65)68(59)61-35-32-58(47-66(61)98(92,93)94)97(90,91)76-40-25-19-17-15-13-12-14-16-18-24-38-74-72(89)75-39-26-23-29-62(78-67(86)46-57-50-96-71(73)82(57)7)69(87)79-63(70(88)77-53-36-41-80(5)42-37-53)43-56-49-83(51-81(56)6)48-52-27-21-20-22-28-52/h20-22,27-28,30-35,44-45,47,49-51,53,62-63,73,76H,8-19,23-26,29,36-43,46,48H2,1-7H3,(H4-2,74,75,77,78,79,86,87,88,89,92,93,94)/p+2/t62-,63-/m0/s1. The Balaban J connectivity index is 0.742. The highest BCUT2D eigenvalue weighted by Crippen LogP contribution is 2.43. The third kappa shape index (κ3) is 21.6. The van der Waals surface area contributed by atoms with Gasteiger partial charge in [0.2, 0.25) is 39.4 Å². The summed E-state index contributed by atoms with van der Waals surface area (Å²) in [6, 6.07) is 23.2. The van der Waals surface area contributed by atoms with E-state index in [1.807, 2.05) is 78.7 Å². The molecule has 2 aromatic heterocycles. The van der Waals surface area contributed by atoms with Crippen LogP contribution in [0.25, 0.3) is 33.4 Å².